The van der Waals surface area contributed by atoms with E-state index in [0.29, 0.717) is 6.04 Å². The van der Waals surface area contributed by atoms with E-state index in [1.165, 1.54) is 11.1 Å². The highest BCUT2D eigenvalue weighted by atomic mass is 16.5. The minimum absolute atomic E-state index is 0.141. The summed E-state index contributed by atoms with van der Waals surface area (Å²) in [5.41, 5.74) is 2.90. The van der Waals surface area contributed by atoms with Crippen molar-refractivity contribution in [3.8, 4) is 0 Å². The van der Waals surface area contributed by atoms with Gasteiger partial charge >= 0.3 is 0 Å². The van der Waals surface area contributed by atoms with Gasteiger partial charge in [-0.3, -0.25) is 4.90 Å². The van der Waals surface area contributed by atoms with E-state index < -0.39 is 0 Å². The minimum Gasteiger partial charge on any atom is -0.383 e. The molecule has 0 bridgehead atoms. The van der Waals surface area contributed by atoms with Gasteiger partial charge in [-0.2, -0.15) is 0 Å². The molecule has 1 unspecified atom stereocenters. The Labute approximate surface area is 124 Å². The first-order valence-electron chi connectivity index (χ1n) is 7.34. The van der Waals surface area contributed by atoms with E-state index in [2.05, 4.69) is 69.2 Å². The smallest absolute Gasteiger partial charge is 0.0615 e. The zero-order chi connectivity index (χ0) is 15.2. The van der Waals surface area contributed by atoms with E-state index in [1.54, 1.807) is 7.11 Å². The number of nitrogens with zero attached hydrogens (tertiary/aromatic N) is 1. The number of hydrogen-bond donors (Lipinski definition) is 1. The standard InChI is InChI=1S/C17H30N2O/c1-14(13-20-6)19(5)12-16-10-8-7-9-15(16)11-18-17(2,3)4/h7-10,14,18H,11-13H2,1-6H3. The van der Waals surface area contributed by atoms with E-state index in [9.17, 15) is 0 Å². The quantitative estimate of drug-likeness (QED) is 0.829. The number of benzene rings is 1. The molecule has 0 aliphatic heterocycles. The van der Waals surface area contributed by atoms with Gasteiger partial charge < -0.3 is 10.1 Å². The molecule has 1 atom stereocenters. The van der Waals surface area contributed by atoms with Gasteiger partial charge in [-0.05, 0) is 45.9 Å². The third-order valence-corrected chi connectivity index (χ3v) is 3.51. The second-order valence-electron chi connectivity index (χ2n) is 6.59. The van der Waals surface area contributed by atoms with Gasteiger partial charge in [0, 0.05) is 31.8 Å². The fraction of sp³-hybridized carbons (Fsp3) is 0.647. The first kappa shape index (κ1) is 17.2. The average Bonchev–Trinajstić information content (AvgIpc) is 2.37. The number of rotatable bonds is 7. The van der Waals surface area contributed by atoms with Crippen LogP contribution in [0.15, 0.2) is 24.3 Å². The second kappa shape index (κ2) is 7.77. The largest absolute Gasteiger partial charge is 0.383 e. The average molecular weight is 278 g/mol. The first-order chi connectivity index (χ1) is 9.33. The van der Waals surface area contributed by atoms with E-state index >= 15 is 0 Å². The maximum atomic E-state index is 5.23. The first-order valence-corrected chi connectivity index (χ1v) is 7.34. The van der Waals surface area contributed by atoms with Crippen molar-refractivity contribution < 1.29 is 4.74 Å². The Morgan fingerprint density at radius 1 is 1.20 bits per heavy atom. The summed E-state index contributed by atoms with van der Waals surface area (Å²) in [6, 6.07) is 9.08. The van der Waals surface area contributed by atoms with E-state index in [1.807, 2.05) is 0 Å². The van der Waals surface area contributed by atoms with Crippen LogP contribution in [0, 0.1) is 0 Å². The lowest BCUT2D eigenvalue weighted by Crippen LogP contribution is -2.36. The van der Waals surface area contributed by atoms with Gasteiger partial charge in [-0.15, -0.1) is 0 Å². The van der Waals surface area contributed by atoms with Gasteiger partial charge in [0.25, 0.3) is 0 Å². The third-order valence-electron chi connectivity index (χ3n) is 3.51. The molecule has 0 aliphatic carbocycles. The Hall–Kier alpha value is -0.900. The van der Waals surface area contributed by atoms with Crippen LogP contribution in [0.4, 0.5) is 0 Å². The molecule has 3 nitrogen and oxygen atoms in total. The third kappa shape index (κ3) is 6.04. The van der Waals surface area contributed by atoms with Gasteiger partial charge in [0.2, 0.25) is 0 Å². The molecule has 0 aliphatic rings. The molecule has 20 heavy (non-hydrogen) atoms. The Morgan fingerprint density at radius 2 is 1.80 bits per heavy atom. The van der Waals surface area contributed by atoms with Gasteiger partial charge in [-0.1, -0.05) is 24.3 Å². The summed E-state index contributed by atoms with van der Waals surface area (Å²) >= 11 is 0. The Kier molecular flexibility index (Phi) is 6.66. The summed E-state index contributed by atoms with van der Waals surface area (Å²) in [7, 11) is 3.91. The van der Waals surface area contributed by atoms with Gasteiger partial charge in [0.15, 0.2) is 0 Å². The van der Waals surface area contributed by atoms with Gasteiger partial charge in [0.1, 0.15) is 0 Å². The molecule has 0 radical (unpaired) electrons. The highest BCUT2D eigenvalue weighted by Gasteiger charge is 2.13. The van der Waals surface area contributed by atoms with Crippen molar-refractivity contribution >= 4 is 0 Å². The van der Waals surface area contributed by atoms with Crippen molar-refractivity contribution in [1.29, 1.82) is 0 Å². The van der Waals surface area contributed by atoms with Crippen LogP contribution in [-0.2, 0) is 17.8 Å². The Bertz CT molecular complexity index is 398. The topological polar surface area (TPSA) is 24.5 Å². The van der Waals surface area contributed by atoms with E-state index in [0.717, 1.165) is 19.7 Å². The van der Waals surface area contributed by atoms with Crippen LogP contribution >= 0.6 is 0 Å². The minimum atomic E-state index is 0.141. The molecule has 0 spiro atoms. The zero-order valence-electron chi connectivity index (χ0n) is 13.9. The lowest BCUT2D eigenvalue weighted by molar-refractivity contribution is 0.111. The fourth-order valence-corrected chi connectivity index (χ4v) is 2.04. The molecule has 1 aromatic carbocycles. The van der Waals surface area contributed by atoms with Crippen molar-refractivity contribution in [2.75, 3.05) is 20.8 Å². The number of likely N-dealkylation sites (N-methyl/N-ethyl adjacent to an activating group) is 1. The Balaban J connectivity index is 2.70. The van der Waals surface area contributed by atoms with Crippen LogP contribution in [0.2, 0.25) is 0 Å². The summed E-state index contributed by atoms with van der Waals surface area (Å²) in [4.78, 5) is 2.33. The molecule has 3 heteroatoms. The maximum absolute atomic E-state index is 5.23. The molecular weight excluding hydrogens is 248 g/mol. The molecular formula is C17H30N2O. The van der Waals surface area contributed by atoms with Crippen LogP contribution < -0.4 is 5.32 Å². The maximum Gasteiger partial charge on any atom is 0.0615 e. The summed E-state index contributed by atoms with van der Waals surface area (Å²) in [6.45, 7) is 11.4. The van der Waals surface area contributed by atoms with Crippen LogP contribution in [0.1, 0.15) is 38.8 Å². The number of nitrogens with one attached hydrogen (secondary N) is 1. The summed E-state index contributed by atoms with van der Waals surface area (Å²) < 4.78 is 5.23. The SMILES string of the molecule is COCC(C)N(C)Cc1ccccc1CNC(C)(C)C. The molecule has 0 heterocycles. The van der Waals surface area contributed by atoms with Crippen LogP contribution in [-0.4, -0.2) is 37.2 Å². The van der Waals surface area contributed by atoms with Crippen molar-refractivity contribution in [1.82, 2.24) is 10.2 Å². The zero-order valence-corrected chi connectivity index (χ0v) is 13.9. The van der Waals surface area contributed by atoms with Crippen molar-refractivity contribution in [3.63, 3.8) is 0 Å². The predicted octanol–water partition coefficient (Wildman–Crippen LogP) is 3.04. The summed E-state index contributed by atoms with van der Waals surface area (Å²) in [5.74, 6) is 0. The molecule has 0 fully saturated rings. The Morgan fingerprint density at radius 3 is 2.35 bits per heavy atom. The molecule has 1 rings (SSSR count). The molecule has 114 valence electrons. The predicted molar refractivity (Wildman–Crippen MR) is 85.8 cm³/mol. The molecule has 0 aromatic heterocycles. The number of hydrogen-bond acceptors (Lipinski definition) is 3. The molecule has 0 amide bonds. The van der Waals surface area contributed by atoms with Crippen LogP contribution in [0.25, 0.3) is 0 Å². The highest BCUT2D eigenvalue weighted by molar-refractivity contribution is 5.27. The van der Waals surface area contributed by atoms with E-state index in [4.69, 9.17) is 4.74 Å². The van der Waals surface area contributed by atoms with Crippen molar-refractivity contribution in [2.24, 2.45) is 0 Å². The number of methoxy groups -OCH3 is 1. The second-order valence-corrected chi connectivity index (χ2v) is 6.59. The van der Waals surface area contributed by atoms with Gasteiger partial charge in [-0.25, -0.2) is 0 Å². The molecule has 1 aromatic rings. The summed E-state index contributed by atoms with van der Waals surface area (Å²) in [6.07, 6.45) is 0. The summed E-state index contributed by atoms with van der Waals surface area (Å²) in [5, 5.41) is 3.56. The molecule has 0 saturated carbocycles. The van der Waals surface area contributed by atoms with Crippen LogP contribution in [0.3, 0.4) is 0 Å². The van der Waals surface area contributed by atoms with Gasteiger partial charge in [0.05, 0.1) is 6.61 Å². The van der Waals surface area contributed by atoms with Crippen LogP contribution in [0.5, 0.6) is 0 Å². The monoisotopic (exact) mass is 278 g/mol. The lowest BCUT2D eigenvalue weighted by atomic mass is 10.0. The highest BCUT2D eigenvalue weighted by Crippen LogP contribution is 2.14. The fourth-order valence-electron chi connectivity index (χ4n) is 2.04. The number of ether oxygens (including phenoxy) is 1. The normalized spacial score (nSPS) is 13.8. The van der Waals surface area contributed by atoms with Crippen molar-refractivity contribution in [2.45, 2.75) is 52.4 Å². The van der Waals surface area contributed by atoms with Crippen molar-refractivity contribution in [3.05, 3.63) is 35.4 Å². The molecule has 0 saturated heterocycles. The molecule has 1 N–H and O–H groups in total. The van der Waals surface area contributed by atoms with E-state index in [-0.39, 0.29) is 5.54 Å². The lowest BCUT2D eigenvalue weighted by Gasteiger charge is -2.26.